The Hall–Kier alpha value is -1.79. The number of nitrogens with zero attached hydrogens (tertiary/aromatic N) is 5. The fourth-order valence-electron chi connectivity index (χ4n) is 1.39. The number of carbonyl (C=O) groups is 1. The summed E-state index contributed by atoms with van der Waals surface area (Å²) in [4.78, 5) is 10.7. The predicted octanol–water partition coefficient (Wildman–Crippen LogP) is 1.05. The van der Waals surface area contributed by atoms with Crippen molar-refractivity contribution in [2.24, 2.45) is 10.2 Å². The van der Waals surface area contributed by atoms with Crippen LogP contribution in [0.3, 0.4) is 0 Å². The van der Waals surface area contributed by atoms with E-state index in [1.54, 1.807) is 11.3 Å². The van der Waals surface area contributed by atoms with Crippen molar-refractivity contribution in [1.82, 2.24) is 20.5 Å². The molecular formula is C12H22N6O. The molecule has 7 nitrogen and oxygen atoms in total. The molecule has 0 unspecified atom stereocenters. The molecule has 106 valence electrons. The van der Waals surface area contributed by atoms with Crippen LogP contribution in [0.5, 0.6) is 0 Å². The van der Waals surface area contributed by atoms with Crippen molar-refractivity contribution >= 4 is 19.1 Å². The van der Waals surface area contributed by atoms with Gasteiger partial charge in [0.2, 0.25) is 13.1 Å². The van der Waals surface area contributed by atoms with E-state index in [1.807, 2.05) is 0 Å². The van der Waals surface area contributed by atoms with E-state index in [2.05, 4.69) is 36.1 Å². The normalized spacial score (nSPS) is 14.4. The van der Waals surface area contributed by atoms with Crippen molar-refractivity contribution in [2.45, 2.75) is 39.5 Å². The van der Waals surface area contributed by atoms with E-state index >= 15 is 0 Å². The largest absolute Gasteiger partial charge is 0.284 e. The average Bonchev–Trinajstić information content (AvgIpc) is 2.88. The Morgan fingerprint density at radius 1 is 1.42 bits per heavy atom. The molecule has 1 aliphatic rings. The van der Waals surface area contributed by atoms with E-state index in [-0.39, 0.29) is 0 Å². The highest BCUT2D eigenvalue weighted by Gasteiger charge is 2.14. The van der Waals surface area contributed by atoms with E-state index in [0.717, 1.165) is 38.6 Å². The lowest BCUT2D eigenvalue weighted by atomic mass is 10.3. The van der Waals surface area contributed by atoms with Crippen LogP contribution in [0.25, 0.3) is 0 Å². The fraction of sp³-hybridized carbons (Fsp3) is 0.667. The third-order valence-corrected chi connectivity index (χ3v) is 2.53. The first-order chi connectivity index (χ1) is 9.30. The zero-order valence-electron chi connectivity index (χ0n) is 11.6. The third-order valence-electron chi connectivity index (χ3n) is 2.53. The highest BCUT2D eigenvalue weighted by Crippen LogP contribution is 2.08. The van der Waals surface area contributed by atoms with Crippen LogP contribution >= 0.6 is 0 Å². The molecule has 0 saturated heterocycles. The van der Waals surface area contributed by atoms with Gasteiger partial charge in [-0.05, 0) is 12.8 Å². The lowest BCUT2D eigenvalue weighted by Gasteiger charge is -2.16. The molecule has 7 heteroatoms. The van der Waals surface area contributed by atoms with Crippen LogP contribution in [-0.2, 0) is 4.79 Å². The van der Waals surface area contributed by atoms with Crippen molar-refractivity contribution in [1.29, 1.82) is 0 Å². The van der Waals surface area contributed by atoms with Crippen LogP contribution in [0.15, 0.2) is 10.2 Å². The van der Waals surface area contributed by atoms with Gasteiger partial charge in [0.25, 0.3) is 0 Å². The Morgan fingerprint density at radius 2 is 2.21 bits per heavy atom. The first-order valence-electron chi connectivity index (χ1n) is 6.67. The Morgan fingerprint density at radius 3 is 2.89 bits per heavy atom. The standard InChI is InChI=1S/C12H22N6O/c1-3-5-7-16-11-18(10-15-16)14-9-13-17(12-19)8-6-4-2/h9-10,12H,3-8H2,1-2H3,(H,13,14). The lowest BCUT2D eigenvalue weighted by Crippen LogP contribution is -2.37. The molecule has 1 heterocycles. The molecule has 19 heavy (non-hydrogen) atoms. The predicted molar refractivity (Wildman–Crippen MR) is 74.5 cm³/mol. The van der Waals surface area contributed by atoms with Crippen molar-refractivity contribution in [3.05, 3.63) is 6.67 Å². The van der Waals surface area contributed by atoms with Gasteiger partial charge in [-0.25, -0.2) is 5.01 Å². The van der Waals surface area contributed by atoms with Gasteiger partial charge < -0.3 is 0 Å². The molecule has 0 saturated carbocycles. The minimum atomic E-state index is 0.663. The number of rotatable bonds is 10. The number of hydrogen-bond donors (Lipinski definition) is 1. The summed E-state index contributed by atoms with van der Waals surface area (Å²) in [6.07, 6.45) is 7.95. The van der Waals surface area contributed by atoms with Gasteiger partial charge >= 0.3 is 0 Å². The summed E-state index contributed by atoms with van der Waals surface area (Å²) in [5.41, 5.74) is 2.80. The number of hydrogen-bond acceptors (Lipinski definition) is 5. The topological polar surface area (TPSA) is 63.5 Å². The Balaban J connectivity index is 2.22. The van der Waals surface area contributed by atoms with Crippen LogP contribution in [0, 0.1) is 6.67 Å². The summed E-state index contributed by atoms with van der Waals surface area (Å²) in [5.74, 6) is 0. The van der Waals surface area contributed by atoms with Gasteiger partial charge in [0.05, 0.1) is 0 Å². The molecule has 0 aromatic rings. The second kappa shape index (κ2) is 9.18. The molecule has 0 spiro atoms. The summed E-state index contributed by atoms with van der Waals surface area (Å²) >= 11 is 0. The molecule has 0 aromatic carbocycles. The monoisotopic (exact) mass is 266 g/mol. The van der Waals surface area contributed by atoms with E-state index in [0.29, 0.717) is 6.54 Å². The van der Waals surface area contributed by atoms with Crippen molar-refractivity contribution in [3.8, 4) is 0 Å². The quantitative estimate of drug-likeness (QED) is 0.278. The van der Waals surface area contributed by atoms with E-state index < -0.39 is 0 Å². The maximum atomic E-state index is 10.7. The highest BCUT2D eigenvalue weighted by atomic mass is 16.1. The van der Waals surface area contributed by atoms with Gasteiger partial charge in [0.1, 0.15) is 12.7 Å². The van der Waals surface area contributed by atoms with Crippen LogP contribution in [0.2, 0.25) is 0 Å². The second-order valence-electron chi connectivity index (χ2n) is 4.18. The smallest absolute Gasteiger partial charge is 0.250 e. The number of amides is 1. The van der Waals surface area contributed by atoms with Crippen LogP contribution in [0.1, 0.15) is 39.5 Å². The minimum absolute atomic E-state index is 0.663. The molecule has 0 fully saturated rings. The van der Waals surface area contributed by atoms with Crippen molar-refractivity contribution < 1.29 is 4.79 Å². The molecule has 0 aliphatic carbocycles. The summed E-state index contributed by atoms with van der Waals surface area (Å²) in [6, 6.07) is 0. The van der Waals surface area contributed by atoms with E-state index in [4.69, 9.17) is 0 Å². The fourth-order valence-corrected chi connectivity index (χ4v) is 1.39. The van der Waals surface area contributed by atoms with Crippen LogP contribution < -0.4 is 5.43 Å². The summed E-state index contributed by atoms with van der Waals surface area (Å²) in [7, 11) is 0. The zero-order valence-corrected chi connectivity index (χ0v) is 11.6. The first kappa shape index (κ1) is 15.3. The summed E-state index contributed by atoms with van der Waals surface area (Å²) in [6.45, 7) is 8.66. The number of hydrazone groups is 2. The lowest BCUT2D eigenvalue weighted by molar-refractivity contribution is -0.119. The van der Waals surface area contributed by atoms with E-state index in [9.17, 15) is 4.79 Å². The maximum absolute atomic E-state index is 10.7. The maximum Gasteiger partial charge on any atom is 0.250 e. The molecule has 1 aliphatic heterocycles. The number of carbonyl (C=O) groups excluding carboxylic acids is 1. The van der Waals surface area contributed by atoms with Crippen molar-refractivity contribution in [3.63, 3.8) is 0 Å². The third kappa shape index (κ3) is 6.08. The summed E-state index contributed by atoms with van der Waals surface area (Å²) in [5, 5.41) is 12.8. The molecule has 2 radical (unpaired) electrons. The molecular weight excluding hydrogens is 244 g/mol. The molecule has 1 amide bonds. The van der Waals surface area contributed by atoms with Gasteiger partial charge in [-0.15, -0.1) is 0 Å². The van der Waals surface area contributed by atoms with Gasteiger partial charge in [-0.1, -0.05) is 26.7 Å². The van der Waals surface area contributed by atoms with Crippen LogP contribution in [0.4, 0.5) is 0 Å². The molecule has 0 aromatic heterocycles. The van der Waals surface area contributed by atoms with Gasteiger partial charge in [0.15, 0.2) is 0 Å². The number of unbranched alkanes of at least 4 members (excludes halogenated alkanes) is 2. The second-order valence-corrected chi connectivity index (χ2v) is 4.18. The van der Waals surface area contributed by atoms with Crippen LogP contribution in [-0.4, -0.2) is 47.2 Å². The summed E-state index contributed by atoms with van der Waals surface area (Å²) < 4.78 is 0. The minimum Gasteiger partial charge on any atom is -0.284 e. The van der Waals surface area contributed by atoms with Crippen molar-refractivity contribution in [2.75, 3.05) is 13.1 Å². The van der Waals surface area contributed by atoms with Gasteiger partial charge in [-0.2, -0.15) is 10.2 Å². The molecule has 1 rings (SSSR count). The average molecular weight is 266 g/mol. The molecule has 0 atom stereocenters. The molecule has 0 bridgehead atoms. The highest BCUT2D eigenvalue weighted by molar-refractivity contribution is 5.62. The van der Waals surface area contributed by atoms with Gasteiger partial charge in [0, 0.05) is 13.1 Å². The molecule has 1 N–H and O–H groups in total. The Labute approximate surface area is 114 Å². The van der Waals surface area contributed by atoms with E-state index in [1.165, 1.54) is 16.4 Å². The first-order valence-corrected chi connectivity index (χ1v) is 6.67. The number of hydrazine groups is 1. The zero-order chi connectivity index (χ0) is 13.9. The SMILES string of the molecule is CCCCN1[C]N(N=CNN(C=O)CCCC)C=N1. The Bertz CT molecular complexity index is 307. The Kier molecular flexibility index (Phi) is 7.38. The van der Waals surface area contributed by atoms with Gasteiger partial charge in [-0.3, -0.25) is 20.2 Å². The number of nitrogens with one attached hydrogen (secondary N) is 1.